The molecule has 0 heterocycles. The molecule has 4 unspecified atom stereocenters. The van der Waals surface area contributed by atoms with Crippen molar-refractivity contribution in [2.24, 2.45) is 23.7 Å². The van der Waals surface area contributed by atoms with E-state index >= 15 is 0 Å². The lowest BCUT2D eigenvalue weighted by Crippen LogP contribution is -2.22. The lowest BCUT2D eigenvalue weighted by Gasteiger charge is -2.19. The van der Waals surface area contributed by atoms with E-state index in [1.165, 1.54) is 24.0 Å². The summed E-state index contributed by atoms with van der Waals surface area (Å²) in [7, 11) is 0. The summed E-state index contributed by atoms with van der Waals surface area (Å²) in [6.45, 7) is 7.89. The molecule has 0 radical (unpaired) electrons. The van der Waals surface area contributed by atoms with E-state index in [-0.39, 0.29) is 5.41 Å². The molecule has 3 aliphatic rings. The Morgan fingerprint density at radius 2 is 1.60 bits per heavy atom. The Kier molecular flexibility index (Phi) is 2.79. The van der Waals surface area contributed by atoms with Crippen LogP contribution in [0.4, 0.5) is 0 Å². The molecule has 4 rings (SSSR count). The molecule has 1 N–H and O–H groups in total. The molecule has 0 amide bonds. The van der Waals surface area contributed by atoms with Crippen LogP contribution in [0.1, 0.15) is 51.2 Å². The maximum Gasteiger partial charge on any atom is 0.0208 e. The summed E-state index contributed by atoms with van der Waals surface area (Å²) in [5.41, 5.74) is 3.14. The molecule has 0 aliphatic heterocycles. The third kappa shape index (κ3) is 2.02. The van der Waals surface area contributed by atoms with Gasteiger partial charge in [0.1, 0.15) is 0 Å². The summed E-state index contributed by atoms with van der Waals surface area (Å²) in [6, 6.07) is 10.1. The third-order valence-electron chi connectivity index (χ3n) is 6.10. The topological polar surface area (TPSA) is 12.0 Å². The second-order valence-corrected chi connectivity index (χ2v) is 8.34. The van der Waals surface area contributed by atoms with E-state index < -0.39 is 0 Å². The van der Waals surface area contributed by atoms with Crippen LogP contribution >= 0.6 is 0 Å². The first-order valence-electron chi connectivity index (χ1n) is 8.37. The van der Waals surface area contributed by atoms with E-state index in [2.05, 4.69) is 50.4 Å². The molecule has 3 aliphatic carbocycles. The summed E-state index contributed by atoms with van der Waals surface area (Å²) < 4.78 is 0. The first-order chi connectivity index (χ1) is 9.54. The minimum atomic E-state index is 0.263. The van der Waals surface area contributed by atoms with Crippen molar-refractivity contribution < 1.29 is 0 Å². The molecule has 1 aromatic carbocycles. The van der Waals surface area contributed by atoms with Crippen molar-refractivity contribution in [3.8, 4) is 0 Å². The maximum absolute atomic E-state index is 3.83. The highest BCUT2D eigenvalue weighted by molar-refractivity contribution is 5.28. The number of hydrogen-bond acceptors (Lipinski definition) is 1. The van der Waals surface area contributed by atoms with Gasteiger partial charge in [0.15, 0.2) is 0 Å². The summed E-state index contributed by atoms with van der Waals surface area (Å²) in [5.74, 6) is 4.24. The Balaban J connectivity index is 1.35. The average Bonchev–Trinajstić information content (AvgIpc) is 2.79. The molecule has 3 fully saturated rings. The number of nitrogens with one attached hydrogen (secondary N) is 1. The minimum Gasteiger partial charge on any atom is -0.309 e. The van der Waals surface area contributed by atoms with Crippen molar-refractivity contribution in [2.45, 2.75) is 58.0 Å². The molecule has 0 saturated heterocycles. The molecular formula is C19H27N. The standard InChI is InChI=1S/C19H27N/c1-19(2,3)15-8-4-12(5-9-15)11-20-18-16-13-6-7-14(10-13)17(16)18/h4-5,8-9,13-14,16-18,20H,6-7,10-11H2,1-3H3. The lowest BCUT2D eigenvalue weighted by atomic mass is 9.87. The molecule has 2 bridgehead atoms. The fraction of sp³-hybridized carbons (Fsp3) is 0.684. The van der Waals surface area contributed by atoms with Gasteiger partial charge in [0.05, 0.1) is 0 Å². The highest BCUT2D eigenvalue weighted by Crippen LogP contribution is 2.65. The molecule has 20 heavy (non-hydrogen) atoms. The fourth-order valence-electron chi connectivity index (χ4n) is 4.96. The predicted octanol–water partition coefficient (Wildman–Crippen LogP) is 4.12. The van der Waals surface area contributed by atoms with Crippen molar-refractivity contribution in [2.75, 3.05) is 0 Å². The Bertz CT molecular complexity index is 479. The van der Waals surface area contributed by atoms with Crippen LogP contribution in [0.25, 0.3) is 0 Å². The molecule has 1 aromatic rings. The van der Waals surface area contributed by atoms with Crippen molar-refractivity contribution in [1.82, 2.24) is 5.32 Å². The molecular weight excluding hydrogens is 242 g/mol. The Labute approximate surface area is 123 Å². The number of benzene rings is 1. The van der Waals surface area contributed by atoms with Crippen LogP contribution in [0.15, 0.2) is 24.3 Å². The van der Waals surface area contributed by atoms with Gasteiger partial charge in [-0.15, -0.1) is 0 Å². The van der Waals surface area contributed by atoms with Crippen molar-refractivity contribution in [3.05, 3.63) is 35.4 Å². The zero-order chi connectivity index (χ0) is 13.9. The van der Waals surface area contributed by atoms with Crippen molar-refractivity contribution >= 4 is 0 Å². The minimum absolute atomic E-state index is 0.263. The van der Waals surface area contributed by atoms with Gasteiger partial charge in [-0.1, -0.05) is 45.0 Å². The highest BCUT2D eigenvalue weighted by atomic mass is 15.0. The van der Waals surface area contributed by atoms with Crippen LogP contribution in [0.3, 0.4) is 0 Å². The van der Waals surface area contributed by atoms with Gasteiger partial charge in [-0.2, -0.15) is 0 Å². The van der Waals surface area contributed by atoms with Gasteiger partial charge in [-0.25, -0.2) is 0 Å². The zero-order valence-electron chi connectivity index (χ0n) is 13.0. The smallest absolute Gasteiger partial charge is 0.0208 e. The first kappa shape index (κ1) is 12.9. The van der Waals surface area contributed by atoms with Gasteiger partial charge in [-0.3, -0.25) is 0 Å². The van der Waals surface area contributed by atoms with E-state index in [1.807, 2.05) is 0 Å². The fourth-order valence-corrected chi connectivity index (χ4v) is 4.96. The van der Waals surface area contributed by atoms with Gasteiger partial charge in [0, 0.05) is 12.6 Å². The molecule has 3 saturated carbocycles. The highest BCUT2D eigenvalue weighted by Gasteiger charge is 2.64. The second kappa shape index (κ2) is 4.34. The summed E-state index contributed by atoms with van der Waals surface area (Å²) in [4.78, 5) is 0. The molecule has 1 nitrogen and oxygen atoms in total. The largest absolute Gasteiger partial charge is 0.309 e. The monoisotopic (exact) mass is 269 g/mol. The van der Waals surface area contributed by atoms with E-state index in [0.717, 1.165) is 36.3 Å². The van der Waals surface area contributed by atoms with Gasteiger partial charge in [-0.05, 0) is 59.5 Å². The Hall–Kier alpha value is -0.820. The third-order valence-corrected chi connectivity index (χ3v) is 6.10. The maximum atomic E-state index is 3.83. The summed E-state index contributed by atoms with van der Waals surface area (Å²) in [5, 5.41) is 3.83. The molecule has 0 aromatic heterocycles. The Morgan fingerprint density at radius 1 is 1.00 bits per heavy atom. The number of hydrogen-bond donors (Lipinski definition) is 1. The lowest BCUT2D eigenvalue weighted by molar-refractivity contribution is 0.456. The predicted molar refractivity (Wildman–Crippen MR) is 83.6 cm³/mol. The van der Waals surface area contributed by atoms with Crippen LogP contribution in [0, 0.1) is 23.7 Å². The molecule has 4 atom stereocenters. The molecule has 0 spiro atoms. The Morgan fingerprint density at radius 3 is 2.15 bits per heavy atom. The van der Waals surface area contributed by atoms with E-state index in [1.54, 1.807) is 6.42 Å². The summed E-state index contributed by atoms with van der Waals surface area (Å²) in [6.07, 6.45) is 4.59. The van der Waals surface area contributed by atoms with Crippen LogP contribution < -0.4 is 5.32 Å². The van der Waals surface area contributed by atoms with Gasteiger partial charge >= 0.3 is 0 Å². The average molecular weight is 269 g/mol. The van der Waals surface area contributed by atoms with Gasteiger partial charge in [0.25, 0.3) is 0 Å². The first-order valence-corrected chi connectivity index (χ1v) is 8.37. The zero-order valence-corrected chi connectivity index (χ0v) is 13.0. The van der Waals surface area contributed by atoms with Crippen LogP contribution in [0.2, 0.25) is 0 Å². The van der Waals surface area contributed by atoms with Gasteiger partial charge < -0.3 is 5.32 Å². The second-order valence-electron chi connectivity index (χ2n) is 8.34. The van der Waals surface area contributed by atoms with Crippen molar-refractivity contribution in [3.63, 3.8) is 0 Å². The van der Waals surface area contributed by atoms with E-state index in [4.69, 9.17) is 0 Å². The normalized spacial score (nSPS) is 38.0. The van der Waals surface area contributed by atoms with Crippen LogP contribution in [-0.4, -0.2) is 6.04 Å². The van der Waals surface area contributed by atoms with E-state index in [9.17, 15) is 0 Å². The van der Waals surface area contributed by atoms with Crippen LogP contribution in [0.5, 0.6) is 0 Å². The molecule has 108 valence electrons. The molecule has 1 heteroatoms. The van der Waals surface area contributed by atoms with E-state index in [0.29, 0.717) is 0 Å². The van der Waals surface area contributed by atoms with Crippen molar-refractivity contribution in [1.29, 1.82) is 0 Å². The number of rotatable bonds is 3. The SMILES string of the molecule is CC(C)(C)c1ccc(CNC2C3C4CCC(C4)C23)cc1. The number of fused-ring (bicyclic) bond motifs is 5. The summed E-state index contributed by atoms with van der Waals surface area (Å²) >= 11 is 0. The quantitative estimate of drug-likeness (QED) is 0.870. The van der Waals surface area contributed by atoms with Crippen LogP contribution in [-0.2, 0) is 12.0 Å². The van der Waals surface area contributed by atoms with Gasteiger partial charge in [0.2, 0.25) is 0 Å².